The Balaban J connectivity index is 3.19. The first-order valence-corrected chi connectivity index (χ1v) is 4.47. The van der Waals surface area contributed by atoms with Gasteiger partial charge in [-0.1, -0.05) is 19.9 Å². The van der Waals surface area contributed by atoms with Crippen LogP contribution in [0.5, 0.6) is 0 Å². The second-order valence-electron chi connectivity index (χ2n) is 3.63. The van der Waals surface area contributed by atoms with E-state index in [2.05, 4.69) is 13.8 Å². The minimum Gasteiger partial charge on any atom is -0.398 e. The van der Waals surface area contributed by atoms with Gasteiger partial charge >= 0.3 is 0 Å². The van der Waals surface area contributed by atoms with Crippen molar-refractivity contribution in [1.82, 2.24) is 0 Å². The van der Waals surface area contributed by atoms with Crippen molar-refractivity contribution in [2.75, 3.05) is 5.73 Å². The number of benzene rings is 1. The third-order valence-corrected chi connectivity index (χ3v) is 2.15. The van der Waals surface area contributed by atoms with Gasteiger partial charge in [0.1, 0.15) is 0 Å². The van der Waals surface area contributed by atoms with Crippen LogP contribution in [0.15, 0.2) is 18.2 Å². The molecule has 0 spiro atoms. The summed E-state index contributed by atoms with van der Waals surface area (Å²) in [4.78, 5) is 0. The summed E-state index contributed by atoms with van der Waals surface area (Å²) < 4.78 is 0. The van der Waals surface area contributed by atoms with Crippen LogP contribution in [-0.2, 0) is 0 Å². The Morgan fingerprint density at radius 3 is 2.46 bits per heavy atom. The van der Waals surface area contributed by atoms with Crippen molar-refractivity contribution in [1.29, 1.82) is 5.41 Å². The number of hydrogen-bond donors (Lipinski definition) is 2. The standard InChI is InChI=1S/C11H16N2/c1-7(2)9-4-5-11(13)10(6-9)8(3)12/h4-7,12H,13H2,1-3H3. The number of rotatable bonds is 2. The smallest absolute Gasteiger partial charge is 0.0405 e. The molecule has 0 atom stereocenters. The molecule has 0 heterocycles. The summed E-state index contributed by atoms with van der Waals surface area (Å²) in [5.74, 6) is 0.485. The van der Waals surface area contributed by atoms with Crippen molar-refractivity contribution in [3.05, 3.63) is 29.3 Å². The van der Waals surface area contributed by atoms with E-state index >= 15 is 0 Å². The van der Waals surface area contributed by atoms with Crippen LogP contribution in [0.4, 0.5) is 5.69 Å². The zero-order valence-electron chi connectivity index (χ0n) is 8.39. The average Bonchev–Trinajstić information content (AvgIpc) is 2.04. The van der Waals surface area contributed by atoms with Gasteiger partial charge < -0.3 is 11.1 Å². The van der Waals surface area contributed by atoms with Crippen molar-refractivity contribution >= 4 is 11.4 Å². The van der Waals surface area contributed by atoms with E-state index < -0.39 is 0 Å². The number of hydrogen-bond acceptors (Lipinski definition) is 2. The SMILES string of the molecule is CC(=N)c1cc(C(C)C)ccc1N. The molecule has 0 unspecified atom stereocenters. The lowest BCUT2D eigenvalue weighted by Gasteiger charge is -2.09. The van der Waals surface area contributed by atoms with Gasteiger partial charge in [0, 0.05) is 17.0 Å². The molecule has 0 aliphatic carbocycles. The summed E-state index contributed by atoms with van der Waals surface area (Å²) in [6, 6.07) is 5.90. The largest absolute Gasteiger partial charge is 0.398 e. The summed E-state index contributed by atoms with van der Waals surface area (Å²) in [6.45, 7) is 6.03. The van der Waals surface area contributed by atoms with E-state index in [9.17, 15) is 0 Å². The van der Waals surface area contributed by atoms with E-state index in [1.54, 1.807) is 6.92 Å². The Hall–Kier alpha value is -1.31. The Morgan fingerprint density at radius 1 is 1.38 bits per heavy atom. The van der Waals surface area contributed by atoms with E-state index in [0.717, 1.165) is 5.56 Å². The molecule has 1 rings (SSSR count). The topological polar surface area (TPSA) is 49.9 Å². The summed E-state index contributed by atoms with van der Waals surface area (Å²) in [5, 5.41) is 7.53. The van der Waals surface area contributed by atoms with E-state index in [1.165, 1.54) is 5.56 Å². The third-order valence-electron chi connectivity index (χ3n) is 2.15. The Kier molecular flexibility index (Phi) is 2.71. The van der Waals surface area contributed by atoms with Gasteiger partial charge in [-0.15, -0.1) is 0 Å². The van der Waals surface area contributed by atoms with Gasteiger partial charge in [0.2, 0.25) is 0 Å². The summed E-state index contributed by atoms with van der Waals surface area (Å²) in [6.07, 6.45) is 0. The zero-order valence-corrected chi connectivity index (χ0v) is 8.39. The molecule has 0 aromatic heterocycles. The number of nitrogens with two attached hydrogens (primary N) is 1. The second-order valence-corrected chi connectivity index (χ2v) is 3.63. The molecule has 13 heavy (non-hydrogen) atoms. The monoisotopic (exact) mass is 176 g/mol. The van der Waals surface area contributed by atoms with Crippen molar-refractivity contribution in [2.45, 2.75) is 26.7 Å². The van der Waals surface area contributed by atoms with Gasteiger partial charge in [-0.3, -0.25) is 0 Å². The van der Waals surface area contributed by atoms with Gasteiger partial charge in [0.15, 0.2) is 0 Å². The van der Waals surface area contributed by atoms with Crippen LogP contribution in [0, 0.1) is 5.41 Å². The highest BCUT2D eigenvalue weighted by Gasteiger charge is 2.05. The van der Waals surface area contributed by atoms with Gasteiger partial charge in [-0.25, -0.2) is 0 Å². The molecule has 0 radical (unpaired) electrons. The van der Waals surface area contributed by atoms with Crippen molar-refractivity contribution in [3.63, 3.8) is 0 Å². The van der Waals surface area contributed by atoms with E-state index in [-0.39, 0.29) is 0 Å². The molecule has 0 amide bonds. The van der Waals surface area contributed by atoms with Crippen LogP contribution < -0.4 is 5.73 Å². The van der Waals surface area contributed by atoms with E-state index in [4.69, 9.17) is 11.1 Å². The van der Waals surface area contributed by atoms with Crippen LogP contribution in [0.1, 0.15) is 37.8 Å². The highest BCUT2D eigenvalue weighted by molar-refractivity contribution is 6.01. The minimum atomic E-state index is 0.485. The van der Waals surface area contributed by atoms with Crippen LogP contribution in [-0.4, -0.2) is 5.71 Å². The molecule has 0 saturated carbocycles. The Labute approximate surface area is 79.3 Å². The molecule has 2 nitrogen and oxygen atoms in total. The van der Waals surface area contributed by atoms with E-state index in [0.29, 0.717) is 17.3 Å². The fourth-order valence-electron chi connectivity index (χ4n) is 1.26. The fourth-order valence-corrected chi connectivity index (χ4v) is 1.26. The molecular formula is C11H16N2. The normalized spacial score (nSPS) is 10.5. The summed E-state index contributed by atoms with van der Waals surface area (Å²) in [7, 11) is 0. The predicted molar refractivity (Wildman–Crippen MR) is 57.4 cm³/mol. The first-order valence-electron chi connectivity index (χ1n) is 4.47. The Morgan fingerprint density at radius 2 is 2.00 bits per heavy atom. The summed E-state index contributed by atoms with van der Waals surface area (Å²) in [5.41, 5.74) is 9.05. The van der Waals surface area contributed by atoms with Crippen molar-refractivity contribution in [3.8, 4) is 0 Å². The lowest BCUT2D eigenvalue weighted by molar-refractivity contribution is 0.866. The van der Waals surface area contributed by atoms with Gasteiger partial charge in [0.05, 0.1) is 0 Å². The van der Waals surface area contributed by atoms with E-state index in [1.807, 2.05) is 18.2 Å². The average molecular weight is 176 g/mol. The van der Waals surface area contributed by atoms with Crippen LogP contribution in [0.2, 0.25) is 0 Å². The summed E-state index contributed by atoms with van der Waals surface area (Å²) >= 11 is 0. The molecule has 3 N–H and O–H groups in total. The fraction of sp³-hybridized carbons (Fsp3) is 0.364. The van der Waals surface area contributed by atoms with Crippen molar-refractivity contribution < 1.29 is 0 Å². The Bertz CT molecular complexity index is 327. The molecule has 0 saturated heterocycles. The maximum absolute atomic E-state index is 7.53. The molecule has 0 aliphatic rings. The highest BCUT2D eigenvalue weighted by atomic mass is 14.6. The highest BCUT2D eigenvalue weighted by Crippen LogP contribution is 2.20. The molecular weight excluding hydrogens is 160 g/mol. The number of anilines is 1. The maximum atomic E-state index is 7.53. The van der Waals surface area contributed by atoms with Crippen molar-refractivity contribution in [2.24, 2.45) is 0 Å². The lowest BCUT2D eigenvalue weighted by Crippen LogP contribution is -2.01. The molecule has 1 aromatic rings. The molecule has 1 aromatic carbocycles. The van der Waals surface area contributed by atoms with Crippen LogP contribution in [0.25, 0.3) is 0 Å². The van der Waals surface area contributed by atoms with Crippen LogP contribution >= 0.6 is 0 Å². The third kappa shape index (κ3) is 2.08. The minimum absolute atomic E-state index is 0.485. The van der Waals surface area contributed by atoms with Gasteiger partial charge in [-0.2, -0.15) is 0 Å². The second kappa shape index (κ2) is 3.60. The maximum Gasteiger partial charge on any atom is 0.0405 e. The molecule has 70 valence electrons. The van der Waals surface area contributed by atoms with Gasteiger partial charge in [0.25, 0.3) is 0 Å². The van der Waals surface area contributed by atoms with Crippen LogP contribution in [0.3, 0.4) is 0 Å². The first kappa shape index (κ1) is 9.78. The lowest BCUT2D eigenvalue weighted by atomic mass is 9.98. The molecule has 0 bridgehead atoms. The zero-order chi connectivity index (χ0) is 10.0. The molecule has 0 fully saturated rings. The van der Waals surface area contributed by atoms with Gasteiger partial charge in [-0.05, 0) is 30.5 Å². The number of nitrogen functional groups attached to an aromatic ring is 1. The predicted octanol–water partition coefficient (Wildman–Crippen LogP) is 2.78. The molecule has 0 aliphatic heterocycles. The first-order chi connectivity index (χ1) is 6.02. The number of nitrogens with one attached hydrogen (secondary N) is 1. The quantitative estimate of drug-likeness (QED) is 0.528. The molecule has 2 heteroatoms.